The Kier molecular flexibility index (Phi) is 2.98. The lowest BCUT2D eigenvalue weighted by Crippen LogP contribution is -1.93. The van der Waals surface area contributed by atoms with E-state index in [2.05, 4.69) is 0 Å². The quantitative estimate of drug-likeness (QED) is 0.842. The highest BCUT2D eigenvalue weighted by atomic mass is 32.1. The molecule has 0 radical (unpaired) electrons. The molecule has 0 fully saturated rings. The van der Waals surface area contributed by atoms with E-state index in [1.165, 1.54) is 0 Å². The molecule has 74 valence electrons. The van der Waals surface area contributed by atoms with Gasteiger partial charge in [-0.15, -0.1) is 22.7 Å². The molecule has 4 heteroatoms. The number of nitrogens with two attached hydrogens (primary N) is 1. The van der Waals surface area contributed by atoms with Gasteiger partial charge in [-0.1, -0.05) is 6.07 Å². The van der Waals surface area contributed by atoms with Crippen molar-refractivity contribution in [1.82, 2.24) is 0 Å². The summed E-state index contributed by atoms with van der Waals surface area (Å²) < 4.78 is 0. The third kappa shape index (κ3) is 1.88. The first-order valence-corrected chi connectivity index (χ1v) is 6.01. The van der Waals surface area contributed by atoms with E-state index in [1.807, 2.05) is 29.6 Å². The Bertz CT molecular complexity index is 394. The molecular formula is C10H11NOS2. The second-order valence-electron chi connectivity index (χ2n) is 2.93. The van der Waals surface area contributed by atoms with Crippen molar-refractivity contribution < 1.29 is 5.11 Å². The first kappa shape index (κ1) is 9.86. The Morgan fingerprint density at radius 1 is 1.29 bits per heavy atom. The Labute approximate surface area is 90.6 Å². The van der Waals surface area contributed by atoms with E-state index in [1.54, 1.807) is 22.7 Å². The van der Waals surface area contributed by atoms with Crippen molar-refractivity contribution in [2.45, 2.75) is 12.6 Å². The van der Waals surface area contributed by atoms with Gasteiger partial charge in [-0.2, -0.15) is 0 Å². The third-order valence-corrected chi connectivity index (χ3v) is 4.05. The maximum absolute atomic E-state index is 9.97. The standard InChI is InChI=1S/C10H11NOS2/c11-6-7-3-4-9(14-7)10(12)8-2-1-5-13-8/h1-5,10,12H,6,11H2. The van der Waals surface area contributed by atoms with Gasteiger partial charge in [0.05, 0.1) is 0 Å². The summed E-state index contributed by atoms with van der Waals surface area (Å²) in [5.74, 6) is 0. The van der Waals surface area contributed by atoms with Gasteiger partial charge < -0.3 is 10.8 Å². The van der Waals surface area contributed by atoms with E-state index in [0.717, 1.165) is 14.6 Å². The summed E-state index contributed by atoms with van der Waals surface area (Å²) in [5, 5.41) is 11.9. The van der Waals surface area contributed by atoms with Gasteiger partial charge in [-0.05, 0) is 23.6 Å². The minimum absolute atomic E-state index is 0.486. The number of hydrogen-bond donors (Lipinski definition) is 2. The lowest BCUT2D eigenvalue weighted by atomic mass is 10.2. The molecule has 0 saturated carbocycles. The summed E-state index contributed by atoms with van der Waals surface area (Å²) in [6.45, 7) is 0.543. The van der Waals surface area contributed by atoms with E-state index in [9.17, 15) is 5.11 Å². The van der Waals surface area contributed by atoms with Gasteiger partial charge >= 0.3 is 0 Å². The average Bonchev–Trinajstić information content (AvgIpc) is 2.88. The van der Waals surface area contributed by atoms with Crippen molar-refractivity contribution in [2.75, 3.05) is 0 Å². The molecule has 0 aliphatic carbocycles. The Balaban J connectivity index is 2.23. The minimum atomic E-state index is -0.486. The van der Waals surface area contributed by atoms with Crippen LogP contribution in [0, 0.1) is 0 Å². The first-order chi connectivity index (χ1) is 6.81. The van der Waals surface area contributed by atoms with Crippen molar-refractivity contribution in [3.63, 3.8) is 0 Å². The molecule has 3 N–H and O–H groups in total. The number of thiophene rings is 2. The van der Waals surface area contributed by atoms with Crippen LogP contribution in [-0.4, -0.2) is 5.11 Å². The molecule has 0 aliphatic rings. The van der Waals surface area contributed by atoms with Crippen LogP contribution < -0.4 is 5.73 Å². The largest absolute Gasteiger partial charge is 0.382 e. The van der Waals surface area contributed by atoms with Crippen LogP contribution in [-0.2, 0) is 6.54 Å². The number of rotatable bonds is 3. The Morgan fingerprint density at radius 2 is 2.14 bits per heavy atom. The molecule has 2 aromatic heterocycles. The van der Waals surface area contributed by atoms with Crippen molar-refractivity contribution >= 4 is 22.7 Å². The van der Waals surface area contributed by atoms with Crippen LogP contribution in [0.5, 0.6) is 0 Å². The van der Waals surface area contributed by atoms with Crippen molar-refractivity contribution in [3.8, 4) is 0 Å². The highest BCUT2D eigenvalue weighted by molar-refractivity contribution is 7.12. The molecule has 14 heavy (non-hydrogen) atoms. The second kappa shape index (κ2) is 4.23. The molecule has 0 aromatic carbocycles. The summed E-state index contributed by atoms with van der Waals surface area (Å²) in [7, 11) is 0. The zero-order valence-corrected chi connectivity index (χ0v) is 9.15. The molecule has 1 atom stereocenters. The van der Waals surface area contributed by atoms with Crippen LogP contribution >= 0.6 is 22.7 Å². The topological polar surface area (TPSA) is 46.2 Å². The van der Waals surface area contributed by atoms with Gasteiger partial charge in [-0.3, -0.25) is 0 Å². The Hall–Kier alpha value is -0.680. The fourth-order valence-electron chi connectivity index (χ4n) is 1.24. The molecule has 2 aromatic rings. The summed E-state index contributed by atoms with van der Waals surface area (Å²) in [6, 6.07) is 7.80. The van der Waals surface area contributed by atoms with Gasteiger partial charge in [0.15, 0.2) is 0 Å². The highest BCUT2D eigenvalue weighted by Crippen LogP contribution is 2.30. The van der Waals surface area contributed by atoms with Crippen molar-refractivity contribution in [1.29, 1.82) is 0 Å². The van der Waals surface area contributed by atoms with Crippen molar-refractivity contribution in [3.05, 3.63) is 44.3 Å². The van der Waals surface area contributed by atoms with Gasteiger partial charge in [-0.25, -0.2) is 0 Å². The van der Waals surface area contributed by atoms with Crippen LogP contribution in [0.1, 0.15) is 20.7 Å². The normalized spacial score (nSPS) is 13.0. The maximum Gasteiger partial charge on any atom is 0.122 e. The minimum Gasteiger partial charge on any atom is -0.382 e. The second-order valence-corrected chi connectivity index (χ2v) is 5.11. The predicted molar refractivity (Wildman–Crippen MR) is 60.6 cm³/mol. The van der Waals surface area contributed by atoms with Crippen LogP contribution in [0.4, 0.5) is 0 Å². The van der Waals surface area contributed by atoms with E-state index >= 15 is 0 Å². The molecule has 0 bridgehead atoms. The molecule has 2 rings (SSSR count). The summed E-state index contributed by atoms with van der Waals surface area (Å²) in [5.41, 5.74) is 5.51. The van der Waals surface area contributed by atoms with Gasteiger partial charge in [0.2, 0.25) is 0 Å². The third-order valence-electron chi connectivity index (χ3n) is 1.97. The van der Waals surface area contributed by atoms with Gasteiger partial charge in [0, 0.05) is 21.2 Å². The van der Waals surface area contributed by atoms with Crippen LogP contribution in [0.25, 0.3) is 0 Å². The van der Waals surface area contributed by atoms with Crippen LogP contribution in [0.2, 0.25) is 0 Å². The summed E-state index contributed by atoms with van der Waals surface area (Å²) in [4.78, 5) is 3.05. The lowest BCUT2D eigenvalue weighted by molar-refractivity contribution is 0.228. The predicted octanol–water partition coefficient (Wildman–Crippen LogP) is 2.35. The number of aliphatic hydroxyl groups is 1. The van der Waals surface area contributed by atoms with E-state index in [-0.39, 0.29) is 0 Å². The monoisotopic (exact) mass is 225 g/mol. The molecular weight excluding hydrogens is 214 g/mol. The molecule has 2 nitrogen and oxygen atoms in total. The lowest BCUT2D eigenvalue weighted by Gasteiger charge is -2.04. The molecule has 0 aliphatic heterocycles. The average molecular weight is 225 g/mol. The first-order valence-electron chi connectivity index (χ1n) is 4.31. The zero-order valence-electron chi connectivity index (χ0n) is 7.51. The SMILES string of the molecule is NCc1ccc(C(O)c2cccs2)s1. The number of hydrogen-bond acceptors (Lipinski definition) is 4. The van der Waals surface area contributed by atoms with Crippen LogP contribution in [0.3, 0.4) is 0 Å². The highest BCUT2D eigenvalue weighted by Gasteiger charge is 2.13. The van der Waals surface area contributed by atoms with E-state index < -0.39 is 6.10 Å². The summed E-state index contributed by atoms with van der Waals surface area (Å²) >= 11 is 3.14. The summed E-state index contributed by atoms with van der Waals surface area (Å²) in [6.07, 6.45) is -0.486. The van der Waals surface area contributed by atoms with Gasteiger partial charge in [0.1, 0.15) is 6.10 Å². The molecule has 0 amide bonds. The molecule has 2 heterocycles. The van der Waals surface area contributed by atoms with E-state index in [4.69, 9.17) is 5.73 Å². The zero-order chi connectivity index (χ0) is 9.97. The van der Waals surface area contributed by atoms with Crippen molar-refractivity contribution in [2.24, 2.45) is 5.73 Å². The van der Waals surface area contributed by atoms with Crippen LogP contribution in [0.15, 0.2) is 29.6 Å². The fourth-order valence-corrected chi connectivity index (χ4v) is 2.94. The Morgan fingerprint density at radius 3 is 2.71 bits per heavy atom. The van der Waals surface area contributed by atoms with Gasteiger partial charge in [0.25, 0.3) is 0 Å². The molecule has 0 spiro atoms. The maximum atomic E-state index is 9.97. The molecule has 1 unspecified atom stereocenters. The fraction of sp³-hybridized carbons (Fsp3) is 0.200. The smallest absolute Gasteiger partial charge is 0.122 e. The van der Waals surface area contributed by atoms with E-state index in [0.29, 0.717) is 6.54 Å². The number of aliphatic hydroxyl groups excluding tert-OH is 1. The molecule has 0 saturated heterocycles.